The Kier molecular flexibility index (Phi) is 4.14. The second-order valence-electron chi connectivity index (χ2n) is 2.21. The maximum atomic E-state index is 8.83. The Hall–Kier alpha value is -0.340. The van der Waals surface area contributed by atoms with Crippen molar-refractivity contribution in [2.24, 2.45) is 0 Å². The van der Waals surface area contributed by atoms with Gasteiger partial charge in [0.05, 0.1) is 22.7 Å². The predicted molar refractivity (Wildman–Crippen MR) is 50.8 cm³/mol. The van der Waals surface area contributed by atoms with E-state index in [-0.39, 0.29) is 0 Å². The first kappa shape index (κ1) is 11.7. The Morgan fingerprint density at radius 3 is 2.36 bits per heavy atom. The minimum atomic E-state index is -4.19. The molecule has 0 unspecified atom stereocenters. The average Bonchev–Trinajstić information content (AvgIpc) is 2.47. The molecule has 78 valence electrons. The first-order valence-corrected chi connectivity index (χ1v) is 6.45. The van der Waals surface area contributed by atoms with Crippen molar-refractivity contribution in [1.82, 2.24) is 0 Å². The standard InChI is InChI=1S/C7H5S2.ClH3O4/c1-2-4-7-6(3-1)8-5-9-7;2-1(3,4)5/h1-5H;2-4H/q+1;. The van der Waals surface area contributed by atoms with Gasteiger partial charge in [-0.2, -0.15) is 0 Å². The number of hydrogen-bond donors (Lipinski definition) is 3. The van der Waals surface area contributed by atoms with Crippen LogP contribution in [0.25, 0.3) is 9.40 Å². The molecule has 3 N–H and O–H groups in total. The monoisotopic (exact) mass is 255 g/mol. The molecule has 2 rings (SSSR count). The molecule has 4 nitrogen and oxygen atoms in total. The van der Waals surface area contributed by atoms with E-state index in [4.69, 9.17) is 18.6 Å². The summed E-state index contributed by atoms with van der Waals surface area (Å²) < 4.78 is 35.2. The summed E-state index contributed by atoms with van der Waals surface area (Å²) in [5.74, 6) is 0. The van der Waals surface area contributed by atoms with Gasteiger partial charge >= 0.3 is 28.9 Å². The van der Waals surface area contributed by atoms with Gasteiger partial charge in [-0.05, 0) is 12.1 Å². The summed E-state index contributed by atoms with van der Waals surface area (Å²) in [5, 5.41) is 0. The smallest absolute Gasteiger partial charge is 0.0587 e. The van der Waals surface area contributed by atoms with Gasteiger partial charge < -0.3 is 0 Å². The van der Waals surface area contributed by atoms with Gasteiger partial charge in [0.15, 0.2) is 9.40 Å². The van der Waals surface area contributed by atoms with Crippen LogP contribution in [0, 0.1) is 10.2 Å². The van der Waals surface area contributed by atoms with Crippen LogP contribution in [0.2, 0.25) is 0 Å². The second kappa shape index (κ2) is 4.94. The molecule has 0 atom stereocenters. The fourth-order valence-corrected chi connectivity index (χ4v) is 2.77. The molecule has 0 aliphatic rings. The molecule has 0 saturated heterocycles. The van der Waals surface area contributed by atoms with Crippen LogP contribution in [0.3, 0.4) is 0 Å². The molecule has 7 heteroatoms. The molecule has 14 heavy (non-hydrogen) atoms. The van der Waals surface area contributed by atoms with Gasteiger partial charge in [0.2, 0.25) is 4.69 Å². The molecule has 0 fully saturated rings. The van der Waals surface area contributed by atoms with Crippen LogP contribution < -0.4 is 4.66 Å². The van der Waals surface area contributed by atoms with E-state index in [0.717, 1.165) is 0 Å². The summed E-state index contributed by atoms with van der Waals surface area (Å²) in [5.41, 5.74) is 0. The van der Waals surface area contributed by atoms with Gasteiger partial charge in [-0.1, -0.05) is 12.1 Å². The number of hydrogen-bond acceptors (Lipinski definition) is 5. The molecule has 1 aromatic heterocycles. The number of halogens is 1. The van der Waals surface area contributed by atoms with E-state index < -0.39 is 10.2 Å². The quantitative estimate of drug-likeness (QED) is 0.595. The zero-order valence-electron chi connectivity index (χ0n) is 6.83. The van der Waals surface area contributed by atoms with Crippen molar-refractivity contribution in [3.05, 3.63) is 29.0 Å². The third-order valence-electron chi connectivity index (χ3n) is 1.20. The molecular formula is C7H8ClO4S2+. The summed E-state index contributed by atoms with van der Waals surface area (Å²) in [6, 6.07) is 8.45. The molecule has 0 spiro atoms. The average molecular weight is 256 g/mol. The van der Waals surface area contributed by atoms with Crippen LogP contribution in [0.5, 0.6) is 0 Å². The molecule has 1 aromatic carbocycles. The summed E-state index contributed by atoms with van der Waals surface area (Å²) >= 11 is 3.61. The Bertz CT molecular complexity index is 361. The Balaban J connectivity index is 0.000000171. The SMILES string of the molecule is [O-][Cl+](O)(O)O.c1ccc2[s+]csc2c1. The fraction of sp³-hybridized carbons (Fsp3) is 0. The number of benzene rings is 1. The third-order valence-corrected chi connectivity index (χ3v) is 3.32. The number of fused-ring (bicyclic) bond motifs is 1. The zero-order chi connectivity index (χ0) is 10.6. The molecule has 0 radical (unpaired) electrons. The fourth-order valence-electron chi connectivity index (χ4n) is 0.773. The third kappa shape index (κ3) is 4.77. The van der Waals surface area contributed by atoms with E-state index in [1.807, 2.05) is 0 Å². The van der Waals surface area contributed by atoms with Crippen LogP contribution >= 0.6 is 22.7 Å². The molecule has 0 amide bonds. The minimum Gasteiger partial charge on any atom is -0.0587 e. The van der Waals surface area contributed by atoms with Gasteiger partial charge in [0.25, 0.3) is 0 Å². The van der Waals surface area contributed by atoms with Crippen molar-refractivity contribution in [2.75, 3.05) is 0 Å². The van der Waals surface area contributed by atoms with Gasteiger partial charge in [0.1, 0.15) is 0 Å². The van der Waals surface area contributed by atoms with Crippen molar-refractivity contribution < 1.29 is 28.9 Å². The van der Waals surface area contributed by atoms with Crippen LogP contribution in [0.4, 0.5) is 0 Å². The summed E-state index contributed by atoms with van der Waals surface area (Å²) in [7, 11) is -4.19. The minimum absolute atomic E-state index is 1.39. The van der Waals surface area contributed by atoms with Crippen molar-refractivity contribution in [3.63, 3.8) is 0 Å². The van der Waals surface area contributed by atoms with E-state index in [2.05, 4.69) is 29.0 Å². The van der Waals surface area contributed by atoms with Gasteiger partial charge in [0, 0.05) is 0 Å². The molecule has 0 aliphatic heterocycles. The molecule has 0 bridgehead atoms. The second-order valence-corrected chi connectivity index (χ2v) is 5.20. The Labute approximate surface area is 90.0 Å². The van der Waals surface area contributed by atoms with Gasteiger partial charge in [-0.3, -0.25) is 0 Å². The molecule has 1 heterocycles. The van der Waals surface area contributed by atoms with Crippen LogP contribution in [-0.2, 0) is 0 Å². The van der Waals surface area contributed by atoms with Crippen LogP contribution in [0.1, 0.15) is 0 Å². The molecule has 0 aliphatic carbocycles. The molecule has 0 saturated carbocycles. The van der Waals surface area contributed by atoms with Gasteiger partial charge in [-0.25, -0.2) is 0 Å². The Morgan fingerprint density at radius 2 is 1.79 bits per heavy atom. The Morgan fingerprint density at radius 1 is 1.21 bits per heavy atom. The van der Waals surface area contributed by atoms with Crippen LogP contribution in [-0.4, -0.2) is 14.0 Å². The predicted octanol–water partition coefficient (Wildman–Crippen LogP) is 0.384. The largest absolute Gasteiger partial charge is 0.243 e. The van der Waals surface area contributed by atoms with Crippen molar-refractivity contribution in [3.8, 4) is 0 Å². The van der Waals surface area contributed by atoms with E-state index >= 15 is 0 Å². The first-order chi connectivity index (χ1) is 6.47. The van der Waals surface area contributed by atoms with Crippen LogP contribution in [0.15, 0.2) is 29.0 Å². The number of rotatable bonds is 0. The zero-order valence-corrected chi connectivity index (χ0v) is 9.22. The normalized spacial score (nSPS) is 12.0. The maximum absolute atomic E-state index is 8.83. The van der Waals surface area contributed by atoms with E-state index in [9.17, 15) is 0 Å². The van der Waals surface area contributed by atoms with Crippen molar-refractivity contribution in [2.45, 2.75) is 0 Å². The topological polar surface area (TPSA) is 83.8 Å². The molecule has 2 aromatic rings. The first-order valence-electron chi connectivity index (χ1n) is 3.37. The maximum Gasteiger partial charge on any atom is 0.243 e. The van der Waals surface area contributed by atoms with Crippen molar-refractivity contribution >= 4 is 32.1 Å². The van der Waals surface area contributed by atoms with E-state index in [1.165, 1.54) is 9.40 Å². The molecular weight excluding hydrogens is 248 g/mol. The summed E-state index contributed by atoms with van der Waals surface area (Å²) in [4.78, 5) is 0. The summed E-state index contributed by atoms with van der Waals surface area (Å²) in [6.45, 7) is 0. The van der Waals surface area contributed by atoms with E-state index in [1.54, 1.807) is 22.7 Å². The summed E-state index contributed by atoms with van der Waals surface area (Å²) in [6.07, 6.45) is 0. The van der Waals surface area contributed by atoms with Gasteiger partial charge in [-0.15, -0.1) is 0 Å². The van der Waals surface area contributed by atoms with E-state index in [0.29, 0.717) is 0 Å². The van der Waals surface area contributed by atoms with Crippen molar-refractivity contribution in [1.29, 1.82) is 0 Å².